The summed E-state index contributed by atoms with van der Waals surface area (Å²) < 4.78 is 25.1. The molecular weight excluding hydrogens is 442 g/mol. The molecule has 0 amide bonds. The van der Waals surface area contributed by atoms with Gasteiger partial charge in [0, 0.05) is 38.1 Å². The molecule has 2 aliphatic rings. The first-order chi connectivity index (χ1) is 14.4. The van der Waals surface area contributed by atoms with Crippen LogP contribution in [0.2, 0.25) is 5.02 Å². The van der Waals surface area contributed by atoms with Gasteiger partial charge in [-0.1, -0.05) is 11.6 Å². The van der Waals surface area contributed by atoms with Crippen LogP contribution in [0.5, 0.6) is 0 Å². The zero-order valence-electron chi connectivity index (χ0n) is 17.9. The highest BCUT2D eigenvalue weighted by molar-refractivity contribution is 7.88. The third kappa shape index (κ3) is 6.52. The minimum absolute atomic E-state index is 0.156. The van der Waals surface area contributed by atoms with Gasteiger partial charge in [-0.25, -0.2) is 17.7 Å². The number of fused-ring (bicyclic) bond motifs is 1. The van der Waals surface area contributed by atoms with Gasteiger partial charge >= 0.3 is 0 Å². The minimum atomic E-state index is -3.14. The molecule has 3 rings (SSSR count). The second kappa shape index (κ2) is 9.27. The van der Waals surface area contributed by atoms with Crippen molar-refractivity contribution in [3.8, 4) is 0 Å². The first-order valence-corrected chi connectivity index (χ1v) is 12.3. The lowest BCUT2D eigenvalue weighted by Gasteiger charge is -2.19. The van der Waals surface area contributed by atoms with Gasteiger partial charge in [-0.05, 0) is 38.5 Å². The van der Waals surface area contributed by atoms with E-state index >= 15 is 0 Å². The van der Waals surface area contributed by atoms with Crippen LogP contribution in [-0.4, -0.2) is 71.5 Å². The summed E-state index contributed by atoms with van der Waals surface area (Å²) >= 11 is 6.28. The molecule has 31 heavy (non-hydrogen) atoms. The predicted octanol–water partition coefficient (Wildman–Crippen LogP) is 1.48. The summed E-state index contributed by atoms with van der Waals surface area (Å²) in [7, 11) is -3.14. The summed E-state index contributed by atoms with van der Waals surface area (Å²) in [5, 5.41) is 27.0. The van der Waals surface area contributed by atoms with E-state index in [0.717, 1.165) is 19.1 Å². The molecule has 172 valence electrons. The Morgan fingerprint density at radius 2 is 2.03 bits per heavy atom. The number of hydrogen-bond acceptors (Lipinski definition) is 9. The Bertz CT molecular complexity index is 934. The molecule has 2 unspecified atom stereocenters. The summed E-state index contributed by atoms with van der Waals surface area (Å²) in [5.41, 5.74) is -0.455. The number of anilines is 2. The molecule has 2 fully saturated rings. The zero-order valence-corrected chi connectivity index (χ0v) is 19.5. The number of nitrogens with one attached hydrogen (secondary N) is 4. The van der Waals surface area contributed by atoms with Crippen LogP contribution in [0.1, 0.15) is 26.7 Å². The summed E-state index contributed by atoms with van der Waals surface area (Å²) in [6.07, 6.45) is 7.15. The number of rotatable bonds is 9. The van der Waals surface area contributed by atoms with Gasteiger partial charge in [-0.2, -0.15) is 4.98 Å². The van der Waals surface area contributed by atoms with E-state index < -0.39 is 15.6 Å². The van der Waals surface area contributed by atoms with Crippen molar-refractivity contribution in [3.63, 3.8) is 0 Å². The number of aromatic nitrogens is 2. The lowest BCUT2D eigenvalue weighted by Crippen LogP contribution is -2.32. The van der Waals surface area contributed by atoms with Crippen molar-refractivity contribution in [1.82, 2.24) is 19.6 Å². The lowest BCUT2D eigenvalue weighted by atomic mass is 10.0. The number of sulfonamides is 1. The molecule has 2 atom stereocenters. The average Bonchev–Trinajstić information content (AvgIpc) is 3.21. The number of aliphatic hydroxyl groups is 1. The van der Waals surface area contributed by atoms with Crippen molar-refractivity contribution in [2.75, 3.05) is 36.5 Å². The second-order valence-corrected chi connectivity index (χ2v) is 11.3. The van der Waals surface area contributed by atoms with E-state index in [4.69, 9.17) is 17.0 Å². The molecule has 1 aromatic rings. The Morgan fingerprint density at radius 1 is 1.39 bits per heavy atom. The fraction of sp³-hybridized carbons (Fsp3) is 0.632. The molecule has 1 saturated heterocycles. The van der Waals surface area contributed by atoms with Crippen LogP contribution in [0.25, 0.3) is 0 Å². The van der Waals surface area contributed by atoms with Gasteiger partial charge in [0.2, 0.25) is 16.0 Å². The Morgan fingerprint density at radius 3 is 2.58 bits per heavy atom. The number of hydrogen-bond donors (Lipinski definition) is 5. The van der Waals surface area contributed by atoms with E-state index in [1.54, 1.807) is 24.4 Å². The largest absolute Gasteiger partial charge is 0.389 e. The number of nitrogens with zero attached hydrogens (tertiary/aromatic N) is 3. The normalized spacial score (nSPS) is 24.7. The number of halogens is 1. The predicted molar refractivity (Wildman–Crippen MR) is 122 cm³/mol. The lowest BCUT2D eigenvalue weighted by molar-refractivity contribution is 0.0835. The SMILES string of the molecule is CC(C)(O)CN/C=C(\C=N)Nc1ncc(Cl)c(NC2CC3CN(S(C)(=O)=O)CC3C2)n1. The molecule has 0 radical (unpaired) electrons. The van der Waals surface area contributed by atoms with Gasteiger partial charge in [0.05, 0.1) is 23.8 Å². The van der Waals surface area contributed by atoms with E-state index in [2.05, 4.69) is 25.9 Å². The smallest absolute Gasteiger partial charge is 0.229 e. The quantitative estimate of drug-likeness (QED) is 0.341. The Kier molecular flexibility index (Phi) is 7.09. The molecule has 0 bridgehead atoms. The van der Waals surface area contributed by atoms with Gasteiger partial charge in [-0.15, -0.1) is 0 Å². The standard InChI is InChI=1S/C19H30ClN7O3S/c1-19(2,28)11-22-7-15(6-21)25-18-23-8-16(20)17(26-18)24-14-4-12-9-27(31(3,29)30)10-13(12)5-14/h6-8,12-14,21-22,28H,4-5,9-11H2,1-3H3,(H2,23,24,25,26)/b15-7+,21-6?. The summed E-state index contributed by atoms with van der Waals surface area (Å²) in [6, 6.07) is 0.156. The van der Waals surface area contributed by atoms with E-state index in [0.29, 0.717) is 48.0 Å². The third-order valence-electron chi connectivity index (χ3n) is 5.48. The van der Waals surface area contributed by atoms with Crippen LogP contribution in [0.15, 0.2) is 18.1 Å². The van der Waals surface area contributed by atoms with Crippen LogP contribution in [-0.2, 0) is 10.0 Å². The first kappa shape index (κ1) is 23.7. The Balaban J connectivity index is 1.61. The minimum Gasteiger partial charge on any atom is -0.389 e. The van der Waals surface area contributed by atoms with Crippen LogP contribution in [0, 0.1) is 17.2 Å². The Labute approximate surface area is 188 Å². The molecule has 0 spiro atoms. The van der Waals surface area contributed by atoms with E-state index in [1.165, 1.54) is 12.5 Å². The van der Waals surface area contributed by atoms with Crippen LogP contribution in [0.4, 0.5) is 11.8 Å². The second-order valence-electron chi connectivity index (χ2n) is 8.87. The van der Waals surface area contributed by atoms with E-state index in [9.17, 15) is 13.5 Å². The molecule has 12 heteroatoms. The molecule has 10 nitrogen and oxygen atoms in total. The molecule has 1 aliphatic heterocycles. The average molecular weight is 472 g/mol. The van der Waals surface area contributed by atoms with Gasteiger partial charge in [0.25, 0.3) is 0 Å². The van der Waals surface area contributed by atoms with Gasteiger partial charge < -0.3 is 26.5 Å². The van der Waals surface area contributed by atoms with Gasteiger partial charge in [0.15, 0.2) is 5.82 Å². The van der Waals surface area contributed by atoms with Crippen molar-refractivity contribution in [2.45, 2.75) is 38.3 Å². The fourth-order valence-corrected chi connectivity index (χ4v) is 5.09. The van der Waals surface area contributed by atoms with Crippen molar-refractivity contribution in [1.29, 1.82) is 5.41 Å². The van der Waals surface area contributed by atoms with Crippen molar-refractivity contribution >= 4 is 39.6 Å². The zero-order chi connectivity index (χ0) is 22.8. The van der Waals surface area contributed by atoms with Crippen LogP contribution >= 0.6 is 11.6 Å². The fourth-order valence-electron chi connectivity index (χ4n) is 4.02. The number of allylic oxidation sites excluding steroid dienone is 1. The van der Waals surface area contributed by atoms with Gasteiger partial charge in [0.1, 0.15) is 5.02 Å². The molecule has 1 aromatic heterocycles. The highest BCUT2D eigenvalue weighted by Gasteiger charge is 2.43. The van der Waals surface area contributed by atoms with Crippen molar-refractivity contribution in [2.24, 2.45) is 11.8 Å². The Hall–Kier alpha value is -1.95. The van der Waals surface area contributed by atoms with Crippen LogP contribution < -0.4 is 16.0 Å². The highest BCUT2D eigenvalue weighted by atomic mass is 35.5. The molecule has 2 heterocycles. The summed E-state index contributed by atoms with van der Waals surface area (Å²) in [5.74, 6) is 1.45. The van der Waals surface area contributed by atoms with E-state index in [-0.39, 0.29) is 12.0 Å². The summed E-state index contributed by atoms with van der Waals surface area (Å²) in [4.78, 5) is 8.60. The van der Waals surface area contributed by atoms with Crippen molar-refractivity contribution in [3.05, 3.63) is 23.1 Å². The first-order valence-electron chi connectivity index (χ1n) is 10.1. The maximum absolute atomic E-state index is 11.8. The molecule has 1 aliphatic carbocycles. The molecular formula is C19H30ClN7O3S. The monoisotopic (exact) mass is 471 g/mol. The summed E-state index contributed by atoms with van der Waals surface area (Å²) in [6.45, 7) is 4.82. The van der Waals surface area contributed by atoms with E-state index in [1.807, 2.05) is 0 Å². The third-order valence-corrected chi connectivity index (χ3v) is 6.99. The van der Waals surface area contributed by atoms with Crippen LogP contribution in [0.3, 0.4) is 0 Å². The maximum atomic E-state index is 11.8. The van der Waals surface area contributed by atoms with Crippen molar-refractivity contribution < 1.29 is 13.5 Å². The molecule has 1 saturated carbocycles. The topological polar surface area (TPSA) is 143 Å². The molecule has 0 aromatic carbocycles. The van der Waals surface area contributed by atoms with Gasteiger partial charge in [-0.3, -0.25) is 0 Å². The maximum Gasteiger partial charge on any atom is 0.229 e. The molecule has 5 N–H and O–H groups in total. The highest BCUT2D eigenvalue weighted by Crippen LogP contribution is 2.40.